The Morgan fingerprint density at radius 1 is 1.17 bits per heavy atom. The fourth-order valence-corrected chi connectivity index (χ4v) is 2.13. The van der Waals surface area contributed by atoms with Gasteiger partial charge < -0.3 is 18.9 Å². The van der Waals surface area contributed by atoms with Crippen molar-refractivity contribution in [1.82, 2.24) is 5.32 Å². The zero-order valence-electron chi connectivity index (χ0n) is 12.7. The van der Waals surface area contributed by atoms with Crippen LogP contribution < -0.4 is 10.1 Å². The SMILES string of the molecule is N#Cc1cccc(OCc2ccoc2C(=O)NCc2ccco2)c1. The van der Waals surface area contributed by atoms with Crippen molar-refractivity contribution in [3.05, 3.63) is 77.6 Å². The highest BCUT2D eigenvalue weighted by Gasteiger charge is 2.16. The highest BCUT2D eigenvalue weighted by Crippen LogP contribution is 2.17. The Morgan fingerprint density at radius 2 is 2.08 bits per heavy atom. The predicted molar refractivity (Wildman–Crippen MR) is 84.1 cm³/mol. The largest absolute Gasteiger partial charge is 0.489 e. The number of nitrogens with zero attached hydrogens (tertiary/aromatic N) is 1. The molecule has 0 spiro atoms. The molecule has 0 saturated carbocycles. The molecule has 6 heteroatoms. The third-order valence-corrected chi connectivity index (χ3v) is 3.31. The second-order valence-corrected chi connectivity index (χ2v) is 4.97. The molecule has 3 rings (SSSR count). The summed E-state index contributed by atoms with van der Waals surface area (Å²) >= 11 is 0. The van der Waals surface area contributed by atoms with Gasteiger partial charge in [-0.15, -0.1) is 0 Å². The minimum absolute atomic E-state index is 0.162. The quantitative estimate of drug-likeness (QED) is 0.752. The van der Waals surface area contributed by atoms with Crippen molar-refractivity contribution >= 4 is 5.91 Å². The second kappa shape index (κ2) is 7.20. The molecular weight excluding hydrogens is 308 g/mol. The minimum Gasteiger partial charge on any atom is -0.489 e. The third-order valence-electron chi connectivity index (χ3n) is 3.31. The van der Waals surface area contributed by atoms with Crippen LogP contribution in [0.4, 0.5) is 0 Å². The van der Waals surface area contributed by atoms with Crippen molar-refractivity contribution in [2.45, 2.75) is 13.2 Å². The average Bonchev–Trinajstić information content (AvgIpc) is 3.29. The van der Waals surface area contributed by atoms with Crippen molar-refractivity contribution < 1.29 is 18.4 Å². The monoisotopic (exact) mass is 322 g/mol. The van der Waals surface area contributed by atoms with Gasteiger partial charge in [0.05, 0.1) is 30.7 Å². The molecule has 120 valence electrons. The summed E-state index contributed by atoms with van der Waals surface area (Å²) in [7, 11) is 0. The Balaban J connectivity index is 1.62. The van der Waals surface area contributed by atoms with Crippen LogP contribution in [0.15, 0.2) is 63.8 Å². The number of benzene rings is 1. The lowest BCUT2D eigenvalue weighted by molar-refractivity contribution is 0.0916. The Bertz CT molecular complexity index is 859. The molecule has 6 nitrogen and oxygen atoms in total. The van der Waals surface area contributed by atoms with Crippen LogP contribution in [0, 0.1) is 11.3 Å². The zero-order chi connectivity index (χ0) is 16.8. The summed E-state index contributed by atoms with van der Waals surface area (Å²) in [4.78, 5) is 12.2. The van der Waals surface area contributed by atoms with Crippen LogP contribution in [0.5, 0.6) is 5.75 Å². The third kappa shape index (κ3) is 3.65. The summed E-state index contributed by atoms with van der Waals surface area (Å²) in [5, 5.41) is 11.6. The molecule has 3 aromatic rings. The van der Waals surface area contributed by atoms with E-state index in [1.807, 2.05) is 6.07 Å². The highest BCUT2D eigenvalue weighted by atomic mass is 16.5. The van der Waals surface area contributed by atoms with Crippen molar-refractivity contribution in [3.8, 4) is 11.8 Å². The van der Waals surface area contributed by atoms with Crippen molar-refractivity contribution in [3.63, 3.8) is 0 Å². The molecule has 1 aromatic carbocycles. The fourth-order valence-electron chi connectivity index (χ4n) is 2.13. The molecule has 0 aliphatic heterocycles. The van der Waals surface area contributed by atoms with E-state index in [2.05, 4.69) is 5.32 Å². The van der Waals surface area contributed by atoms with Gasteiger partial charge in [0.2, 0.25) is 0 Å². The van der Waals surface area contributed by atoms with Crippen LogP contribution >= 0.6 is 0 Å². The molecule has 1 N–H and O–H groups in total. The number of hydrogen-bond acceptors (Lipinski definition) is 5. The Morgan fingerprint density at radius 3 is 2.88 bits per heavy atom. The van der Waals surface area contributed by atoms with E-state index in [4.69, 9.17) is 18.8 Å². The smallest absolute Gasteiger partial charge is 0.287 e. The maximum absolute atomic E-state index is 12.2. The van der Waals surface area contributed by atoms with Gasteiger partial charge in [0.25, 0.3) is 5.91 Å². The van der Waals surface area contributed by atoms with E-state index in [0.717, 1.165) is 0 Å². The van der Waals surface area contributed by atoms with Crippen LogP contribution in [0.1, 0.15) is 27.4 Å². The molecule has 0 bridgehead atoms. The van der Waals surface area contributed by atoms with Crippen LogP contribution in [0.3, 0.4) is 0 Å². The first kappa shape index (κ1) is 15.4. The van der Waals surface area contributed by atoms with E-state index in [-0.39, 0.29) is 24.8 Å². The Labute approximate surface area is 138 Å². The van der Waals surface area contributed by atoms with Crippen molar-refractivity contribution in [2.24, 2.45) is 0 Å². The van der Waals surface area contributed by atoms with Gasteiger partial charge in [0.1, 0.15) is 18.1 Å². The van der Waals surface area contributed by atoms with E-state index in [9.17, 15) is 4.79 Å². The summed E-state index contributed by atoms with van der Waals surface area (Å²) in [5.41, 5.74) is 1.13. The summed E-state index contributed by atoms with van der Waals surface area (Å²) in [6.45, 7) is 0.436. The number of hydrogen-bond donors (Lipinski definition) is 1. The van der Waals surface area contributed by atoms with Gasteiger partial charge in [-0.3, -0.25) is 4.79 Å². The lowest BCUT2D eigenvalue weighted by Crippen LogP contribution is -2.23. The van der Waals surface area contributed by atoms with Crippen LogP contribution in [0.25, 0.3) is 0 Å². The van der Waals surface area contributed by atoms with Gasteiger partial charge in [-0.25, -0.2) is 0 Å². The van der Waals surface area contributed by atoms with Crippen LogP contribution in [0.2, 0.25) is 0 Å². The van der Waals surface area contributed by atoms with Gasteiger partial charge >= 0.3 is 0 Å². The standard InChI is InChI=1S/C18H14N2O4/c19-10-13-3-1-4-15(9-13)24-12-14-6-8-23-17(14)18(21)20-11-16-5-2-7-22-16/h1-9H,11-12H2,(H,20,21). The topological polar surface area (TPSA) is 88.4 Å². The van der Waals surface area contributed by atoms with Gasteiger partial charge in [0.15, 0.2) is 5.76 Å². The molecule has 2 aromatic heterocycles. The Kier molecular flexibility index (Phi) is 4.63. The first-order chi connectivity index (χ1) is 11.8. The van der Waals surface area contributed by atoms with Gasteiger partial charge in [-0.2, -0.15) is 5.26 Å². The number of carbonyl (C=O) groups is 1. The van der Waals surface area contributed by atoms with E-state index in [1.165, 1.54) is 6.26 Å². The lowest BCUT2D eigenvalue weighted by atomic mass is 10.2. The van der Waals surface area contributed by atoms with Crippen LogP contribution in [-0.2, 0) is 13.2 Å². The van der Waals surface area contributed by atoms with Gasteiger partial charge in [-0.05, 0) is 36.4 Å². The molecule has 0 saturated heterocycles. The highest BCUT2D eigenvalue weighted by molar-refractivity contribution is 5.92. The molecule has 2 heterocycles. The molecule has 0 atom stereocenters. The average molecular weight is 322 g/mol. The molecule has 0 radical (unpaired) electrons. The summed E-state index contributed by atoms with van der Waals surface area (Å²) in [6, 6.07) is 14.1. The molecule has 1 amide bonds. The number of nitriles is 1. The number of carbonyl (C=O) groups excluding carboxylic acids is 1. The molecule has 0 aliphatic rings. The number of ether oxygens (including phenoxy) is 1. The van der Waals surface area contributed by atoms with E-state index in [1.54, 1.807) is 48.7 Å². The van der Waals surface area contributed by atoms with Crippen molar-refractivity contribution in [2.75, 3.05) is 0 Å². The molecule has 0 aliphatic carbocycles. The maximum atomic E-state index is 12.2. The molecule has 0 fully saturated rings. The molecule has 24 heavy (non-hydrogen) atoms. The number of rotatable bonds is 6. The fraction of sp³-hybridized carbons (Fsp3) is 0.111. The molecular formula is C18H14N2O4. The number of nitrogens with one attached hydrogen (secondary N) is 1. The summed E-state index contributed by atoms with van der Waals surface area (Å²) in [5.74, 6) is 1.05. The van der Waals surface area contributed by atoms with Crippen molar-refractivity contribution in [1.29, 1.82) is 5.26 Å². The summed E-state index contributed by atoms with van der Waals surface area (Å²) in [6.07, 6.45) is 2.98. The minimum atomic E-state index is -0.347. The number of amides is 1. The predicted octanol–water partition coefficient (Wildman–Crippen LogP) is 3.25. The van der Waals surface area contributed by atoms with Crippen LogP contribution in [-0.4, -0.2) is 5.91 Å². The number of furan rings is 2. The van der Waals surface area contributed by atoms with Gasteiger partial charge in [0, 0.05) is 5.56 Å². The Hall–Kier alpha value is -3.46. The van der Waals surface area contributed by atoms with E-state index < -0.39 is 0 Å². The lowest BCUT2D eigenvalue weighted by Gasteiger charge is -2.07. The molecule has 0 unspecified atom stereocenters. The van der Waals surface area contributed by atoms with E-state index in [0.29, 0.717) is 22.6 Å². The van der Waals surface area contributed by atoms with Gasteiger partial charge in [-0.1, -0.05) is 6.07 Å². The van der Waals surface area contributed by atoms with E-state index >= 15 is 0 Å². The summed E-state index contributed by atoms with van der Waals surface area (Å²) < 4.78 is 16.0. The second-order valence-electron chi connectivity index (χ2n) is 4.97. The maximum Gasteiger partial charge on any atom is 0.287 e. The first-order valence-corrected chi connectivity index (χ1v) is 7.26. The zero-order valence-corrected chi connectivity index (χ0v) is 12.7. The normalized spacial score (nSPS) is 10.1. The first-order valence-electron chi connectivity index (χ1n) is 7.26.